The lowest BCUT2D eigenvalue weighted by molar-refractivity contribution is -0.119. The smallest absolute Gasteiger partial charge is 0.339 e. The Hall–Kier alpha value is -3.24. The number of fused-ring (bicyclic) bond motifs is 3. The van der Waals surface area contributed by atoms with Gasteiger partial charge in [-0.05, 0) is 67.1 Å². The summed E-state index contributed by atoms with van der Waals surface area (Å²) in [5.74, 6) is -0.377. The molecule has 1 aromatic carbocycles. The molecule has 0 saturated carbocycles. The highest BCUT2D eigenvalue weighted by atomic mass is 32.1. The molecule has 0 spiro atoms. The Morgan fingerprint density at radius 1 is 1.22 bits per heavy atom. The second kappa shape index (κ2) is 9.67. The Morgan fingerprint density at radius 2 is 2.03 bits per heavy atom. The van der Waals surface area contributed by atoms with Crippen molar-refractivity contribution >= 4 is 39.1 Å². The highest BCUT2D eigenvalue weighted by molar-refractivity contribution is 7.16. The maximum atomic E-state index is 13.1. The van der Waals surface area contributed by atoms with Crippen LogP contribution in [0.25, 0.3) is 10.9 Å². The fourth-order valence-corrected chi connectivity index (χ4v) is 6.85. The minimum Gasteiger partial charge on any atom is -0.452 e. The number of pyridine rings is 1. The van der Waals surface area contributed by atoms with E-state index >= 15 is 0 Å². The van der Waals surface area contributed by atoms with Gasteiger partial charge in [0.05, 0.1) is 16.6 Å². The minimum atomic E-state index is -0.502. The van der Waals surface area contributed by atoms with Crippen LogP contribution in [-0.2, 0) is 35.2 Å². The van der Waals surface area contributed by atoms with Crippen LogP contribution in [0, 0.1) is 22.7 Å². The molecule has 2 aromatic heterocycles. The van der Waals surface area contributed by atoms with Gasteiger partial charge in [0.15, 0.2) is 6.61 Å². The van der Waals surface area contributed by atoms with Crippen LogP contribution in [0.15, 0.2) is 24.3 Å². The molecule has 0 saturated heterocycles. The first-order valence-corrected chi connectivity index (χ1v) is 13.6. The predicted octanol–water partition coefficient (Wildman–Crippen LogP) is 5.99. The number of benzene rings is 1. The highest BCUT2D eigenvalue weighted by Crippen LogP contribution is 2.45. The Balaban J connectivity index is 1.31. The lowest BCUT2D eigenvalue weighted by atomic mass is 9.69. The van der Waals surface area contributed by atoms with Crippen LogP contribution < -0.4 is 5.32 Å². The molecule has 1 N–H and O–H groups in total. The molecular weight excluding hydrogens is 470 g/mol. The zero-order chi connectivity index (χ0) is 25.4. The zero-order valence-corrected chi connectivity index (χ0v) is 21.9. The van der Waals surface area contributed by atoms with E-state index < -0.39 is 18.5 Å². The third-order valence-electron chi connectivity index (χ3n) is 8.10. The van der Waals surface area contributed by atoms with Crippen molar-refractivity contribution in [2.75, 3.05) is 11.9 Å². The number of ether oxygens (including phenoxy) is 1. The van der Waals surface area contributed by atoms with Gasteiger partial charge in [-0.3, -0.25) is 9.78 Å². The van der Waals surface area contributed by atoms with Crippen LogP contribution in [0.4, 0.5) is 5.00 Å². The van der Waals surface area contributed by atoms with Crippen molar-refractivity contribution in [1.29, 1.82) is 5.26 Å². The number of nitriles is 1. The van der Waals surface area contributed by atoms with Crippen LogP contribution in [-0.4, -0.2) is 23.5 Å². The monoisotopic (exact) mass is 501 g/mol. The van der Waals surface area contributed by atoms with Crippen molar-refractivity contribution in [1.82, 2.24) is 4.98 Å². The third kappa shape index (κ3) is 4.39. The molecule has 5 rings (SSSR count). The summed E-state index contributed by atoms with van der Waals surface area (Å²) in [4.78, 5) is 31.8. The summed E-state index contributed by atoms with van der Waals surface area (Å²) >= 11 is 1.49. The van der Waals surface area contributed by atoms with Gasteiger partial charge in [-0.1, -0.05) is 45.4 Å². The molecule has 0 bridgehead atoms. The van der Waals surface area contributed by atoms with E-state index in [-0.39, 0.29) is 5.41 Å². The number of carbonyl (C=O) groups excluding carboxylic acids is 2. The van der Waals surface area contributed by atoms with E-state index in [0.29, 0.717) is 22.0 Å². The van der Waals surface area contributed by atoms with Gasteiger partial charge in [-0.25, -0.2) is 4.79 Å². The van der Waals surface area contributed by atoms with Crippen molar-refractivity contribution in [3.63, 3.8) is 0 Å². The fraction of sp³-hybridized carbons (Fsp3) is 0.448. The number of rotatable bonds is 6. The van der Waals surface area contributed by atoms with E-state index in [0.717, 1.165) is 72.7 Å². The second-order valence-electron chi connectivity index (χ2n) is 10.5. The van der Waals surface area contributed by atoms with Gasteiger partial charge in [0.25, 0.3) is 5.91 Å². The van der Waals surface area contributed by atoms with Crippen LogP contribution in [0.1, 0.15) is 77.7 Å². The quantitative estimate of drug-likeness (QED) is 0.419. The molecule has 6 nitrogen and oxygen atoms in total. The van der Waals surface area contributed by atoms with Gasteiger partial charge in [-0.2, -0.15) is 5.26 Å². The van der Waals surface area contributed by atoms with Crippen molar-refractivity contribution in [2.45, 2.75) is 65.7 Å². The standard InChI is InChI=1S/C29H31N3O3S/c1-4-29(2,3)17-12-13-18-21(15-30)27(36-24(18)14-17)32-25(33)16-35-28(34)26-19-8-5-6-10-22(19)31-23-11-7-9-20(23)26/h5-6,8,10,17H,4,7,9,11-14,16H2,1-3H3,(H,32,33). The molecule has 1 unspecified atom stereocenters. The molecule has 2 aliphatic rings. The lowest BCUT2D eigenvalue weighted by Gasteiger charge is -2.36. The number of nitrogens with one attached hydrogen (secondary N) is 1. The number of aryl methyl sites for hydroxylation is 1. The average molecular weight is 502 g/mol. The molecule has 0 fully saturated rings. The van der Waals surface area contributed by atoms with E-state index in [1.165, 1.54) is 16.2 Å². The van der Waals surface area contributed by atoms with Gasteiger partial charge in [-0.15, -0.1) is 11.3 Å². The third-order valence-corrected chi connectivity index (χ3v) is 9.27. The number of aromatic nitrogens is 1. The highest BCUT2D eigenvalue weighted by Gasteiger charge is 2.34. The second-order valence-corrected chi connectivity index (χ2v) is 11.6. The Morgan fingerprint density at radius 3 is 2.81 bits per heavy atom. The first-order chi connectivity index (χ1) is 17.3. The normalized spacial score (nSPS) is 16.8. The molecule has 0 aliphatic heterocycles. The number of thiophene rings is 1. The first kappa shape index (κ1) is 24.5. The molecule has 1 amide bonds. The summed E-state index contributed by atoms with van der Waals surface area (Å²) in [5.41, 5.74) is 5.02. The minimum absolute atomic E-state index is 0.239. The van der Waals surface area contributed by atoms with Gasteiger partial charge in [0.2, 0.25) is 0 Å². The molecule has 186 valence electrons. The molecule has 36 heavy (non-hydrogen) atoms. The molecule has 0 radical (unpaired) electrons. The Labute approximate surface area is 215 Å². The molecule has 2 aliphatic carbocycles. The van der Waals surface area contributed by atoms with E-state index in [1.807, 2.05) is 24.3 Å². The topological polar surface area (TPSA) is 92.1 Å². The lowest BCUT2D eigenvalue weighted by Crippen LogP contribution is -2.28. The van der Waals surface area contributed by atoms with Crippen molar-refractivity contribution < 1.29 is 14.3 Å². The molecular formula is C29H31N3O3S. The maximum Gasteiger partial charge on any atom is 0.339 e. The summed E-state index contributed by atoms with van der Waals surface area (Å²) in [6.07, 6.45) is 6.52. The number of carbonyl (C=O) groups is 2. The number of anilines is 1. The van der Waals surface area contributed by atoms with E-state index in [1.54, 1.807) is 0 Å². The SMILES string of the molecule is CCC(C)(C)C1CCc2c(sc(NC(=O)COC(=O)c3c4c(nc5ccccc35)CCC4)c2C#N)C1. The van der Waals surface area contributed by atoms with E-state index in [9.17, 15) is 14.9 Å². The zero-order valence-electron chi connectivity index (χ0n) is 21.1. The van der Waals surface area contributed by atoms with Gasteiger partial charge in [0.1, 0.15) is 11.1 Å². The maximum absolute atomic E-state index is 13.1. The number of hydrogen-bond donors (Lipinski definition) is 1. The number of para-hydroxylation sites is 1. The Kier molecular flexibility index (Phi) is 6.57. The number of esters is 1. The summed E-state index contributed by atoms with van der Waals surface area (Å²) in [7, 11) is 0. The van der Waals surface area contributed by atoms with Crippen LogP contribution in [0.5, 0.6) is 0 Å². The first-order valence-electron chi connectivity index (χ1n) is 12.7. The van der Waals surface area contributed by atoms with Crippen molar-refractivity contribution in [3.05, 3.63) is 57.1 Å². The van der Waals surface area contributed by atoms with Crippen LogP contribution in [0.2, 0.25) is 0 Å². The summed E-state index contributed by atoms with van der Waals surface area (Å²) in [5, 5.41) is 14.0. The van der Waals surface area contributed by atoms with Gasteiger partial charge >= 0.3 is 5.97 Å². The Bertz CT molecular complexity index is 1400. The number of nitrogens with zero attached hydrogens (tertiary/aromatic N) is 2. The van der Waals surface area contributed by atoms with E-state index in [2.05, 4.69) is 32.2 Å². The number of amides is 1. The van der Waals surface area contributed by atoms with Gasteiger partial charge < -0.3 is 10.1 Å². The molecule has 7 heteroatoms. The van der Waals surface area contributed by atoms with Crippen LogP contribution >= 0.6 is 11.3 Å². The molecule has 3 aromatic rings. The summed E-state index contributed by atoms with van der Waals surface area (Å²) < 4.78 is 5.49. The predicted molar refractivity (Wildman–Crippen MR) is 141 cm³/mol. The van der Waals surface area contributed by atoms with E-state index in [4.69, 9.17) is 9.72 Å². The van der Waals surface area contributed by atoms with Crippen molar-refractivity contribution in [2.24, 2.45) is 11.3 Å². The largest absolute Gasteiger partial charge is 0.452 e. The number of hydrogen-bond acceptors (Lipinski definition) is 6. The average Bonchev–Trinajstić information content (AvgIpc) is 3.48. The van der Waals surface area contributed by atoms with Gasteiger partial charge in [0, 0.05) is 16.0 Å². The summed E-state index contributed by atoms with van der Waals surface area (Å²) in [6.45, 7) is 6.43. The summed E-state index contributed by atoms with van der Waals surface area (Å²) in [6, 6.07) is 9.85. The fourth-order valence-electron chi connectivity index (χ4n) is 5.56. The molecule has 1 atom stereocenters. The van der Waals surface area contributed by atoms with Crippen LogP contribution in [0.3, 0.4) is 0 Å². The molecule has 2 heterocycles. The van der Waals surface area contributed by atoms with Crippen molar-refractivity contribution in [3.8, 4) is 6.07 Å².